The molecule has 128 valence electrons. The number of nitrogen functional groups attached to an aromatic ring is 1. The number of amides is 1. The summed E-state index contributed by atoms with van der Waals surface area (Å²) in [5, 5.41) is 0. The number of hydrogen-bond donors (Lipinski definition) is 1. The summed E-state index contributed by atoms with van der Waals surface area (Å²) in [5.41, 5.74) is 8.27. The lowest BCUT2D eigenvalue weighted by Crippen LogP contribution is -2.26. The lowest BCUT2D eigenvalue weighted by Gasteiger charge is -2.19. The van der Waals surface area contributed by atoms with Gasteiger partial charge in [0.05, 0.1) is 13.7 Å². The van der Waals surface area contributed by atoms with Crippen molar-refractivity contribution in [2.75, 3.05) is 31.4 Å². The summed E-state index contributed by atoms with van der Waals surface area (Å²) < 4.78 is 11.0. The number of anilines is 2. The maximum absolute atomic E-state index is 12.4. The van der Waals surface area contributed by atoms with E-state index in [-0.39, 0.29) is 5.91 Å². The fraction of sp³-hybridized carbons (Fsp3) is 0.316. The summed E-state index contributed by atoms with van der Waals surface area (Å²) in [6.07, 6.45) is 0.894. The number of hydrogen-bond acceptors (Lipinski definition) is 4. The van der Waals surface area contributed by atoms with Crippen LogP contribution in [0, 0.1) is 0 Å². The molecule has 0 aliphatic heterocycles. The van der Waals surface area contributed by atoms with Crippen LogP contribution < -0.4 is 20.1 Å². The molecule has 0 bridgehead atoms. The molecular weight excluding hydrogens is 304 g/mol. The third kappa shape index (κ3) is 4.19. The van der Waals surface area contributed by atoms with Gasteiger partial charge in [0, 0.05) is 36.5 Å². The van der Waals surface area contributed by atoms with E-state index in [1.807, 2.05) is 43.3 Å². The number of aryl methyl sites for hydroxylation is 1. The standard InChI is InChI=1S/C19H24N2O3/c1-4-24-19-14(12-15(20)13-17(19)23-3)10-11-18(22)21(2)16-8-6-5-7-9-16/h5-9,12-13H,4,10-11,20H2,1-3H3. The number of ether oxygens (including phenoxy) is 2. The van der Waals surface area contributed by atoms with Gasteiger partial charge in [-0.25, -0.2) is 0 Å². The Labute approximate surface area is 143 Å². The molecule has 0 atom stereocenters. The molecule has 0 unspecified atom stereocenters. The SMILES string of the molecule is CCOc1c(CCC(=O)N(C)c2ccccc2)cc(N)cc1OC. The average molecular weight is 328 g/mol. The third-order valence-electron chi connectivity index (χ3n) is 3.79. The van der Waals surface area contributed by atoms with Crippen molar-refractivity contribution >= 4 is 17.3 Å². The van der Waals surface area contributed by atoms with Gasteiger partial charge < -0.3 is 20.1 Å². The van der Waals surface area contributed by atoms with Crippen LogP contribution in [-0.2, 0) is 11.2 Å². The highest BCUT2D eigenvalue weighted by molar-refractivity contribution is 5.92. The van der Waals surface area contributed by atoms with E-state index in [1.54, 1.807) is 25.1 Å². The summed E-state index contributed by atoms with van der Waals surface area (Å²) in [7, 11) is 3.36. The van der Waals surface area contributed by atoms with Crippen LogP contribution in [0.2, 0.25) is 0 Å². The van der Waals surface area contributed by atoms with Crippen LogP contribution >= 0.6 is 0 Å². The molecule has 2 rings (SSSR count). The maximum Gasteiger partial charge on any atom is 0.227 e. The molecular formula is C19H24N2O3. The molecule has 0 aromatic heterocycles. The van der Waals surface area contributed by atoms with Gasteiger partial charge in [0.25, 0.3) is 0 Å². The zero-order chi connectivity index (χ0) is 17.5. The molecule has 24 heavy (non-hydrogen) atoms. The van der Waals surface area contributed by atoms with E-state index in [1.165, 1.54) is 0 Å². The number of benzene rings is 2. The minimum atomic E-state index is 0.0324. The lowest BCUT2D eigenvalue weighted by molar-refractivity contribution is -0.118. The molecule has 2 N–H and O–H groups in total. The second kappa shape index (κ2) is 8.24. The van der Waals surface area contributed by atoms with E-state index in [2.05, 4.69) is 0 Å². The summed E-state index contributed by atoms with van der Waals surface area (Å²) >= 11 is 0. The van der Waals surface area contributed by atoms with E-state index >= 15 is 0 Å². The van der Waals surface area contributed by atoms with Gasteiger partial charge in [0.15, 0.2) is 11.5 Å². The first kappa shape index (κ1) is 17.7. The minimum absolute atomic E-state index is 0.0324. The van der Waals surface area contributed by atoms with Crippen LogP contribution in [-0.4, -0.2) is 26.7 Å². The van der Waals surface area contributed by atoms with Gasteiger partial charge in [0.2, 0.25) is 5.91 Å². The van der Waals surface area contributed by atoms with Gasteiger partial charge in [0.1, 0.15) is 0 Å². The van der Waals surface area contributed by atoms with Crippen LogP contribution in [0.5, 0.6) is 11.5 Å². The predicted molar refractivity (Wildman–Crippen MR) is 96.7 cm³/mol. The topological polar surface area (TPSA) is 64.8 Å². The number of rotatable bonds is 7. The molecule has 0 saturated heterocycles. The van der Waals surface area contributed by atoms with Crippen molar-refractivity contribution in [2.24, 2.45) is 0 Å². The summed E-state index contributed by atoms with van der Waals surface area (Å²) in [4.78, 5) is 14.1. The van der Waals surface area contributed by atoms with Crippen LogP contribution in [0.15, 0.2) is 42.5 Å². The Hall–Kier alpha value is -2.69. The van der Waals surface area contributed by atoms with Crippen LogP contribution in [0.1, 0.15) is 18.9 Å². The van der Waals surface area contributed by atoms with Crippen molar-refractivity contribution in [2.45, 2.75) is 19.8 Å². The highest BCUT2D eigenvalue weighted by Gasteiger charge is 2.16. The monoisotopic (exact) mass is 328 g/mol. The number of nitrogens with two attached hydrogens (primary N) is 1. The van der Waals surface area contributed by atoms with Crippen LogP contribution in [0.4, 0.5) is 11.4 Å². The van der Waals surface area contributed by atoms with E-state index in [0.29, 0.717) is 36.6 Å². The molecule has 0 fully saturated rings. The Morgan fingerprint density at radius 1 is 1.21 bits per heavy atom. The van der Waals surface area contributed by atoms with Crippen molar-refractivity contribution in [1.29, 1.82) is 0 Å². The molecule has 5 heteroatoms. The van der Waals surface area contributed by atoms with E-state index in [0.717, 1.165) is 11.3 Å². The molecule has 0 spiro atoms. The molecule has 0 radical (unpaired) electrons. The first-order valence-electron chi connectivity index (χ1n) is 7.97. The lowest BCUT2D eigenvalue weighted by atomic mass is 10.1. The second-order valence-electron chi connectivity index (χ2n) is 5.43. The van der Waals surface area contributed by atoms with E-state index in [4.69, 9.17) is 15.2 Å². The maximum atomic E-state index is 12.4. The molecule has 1 amide bonds. The van der Waals surface area contributed by atoms with E-state index < -0.39 is 0 Å². The molecule has 0 aliphatic rings. The Morgan fingerprint density at radius 3 is 2.54 bits per heavy atom. The van der Waals surface area contributed by atoms with Gasteiger partial charge in [-0.05, 0) is 31.5 Å². The second-order valence-corrected chi connectivity index (χ2v) is 5.43. The fourth-order valence-corrected chi connectivity index (χ4v) is 2.53. The third-order valence-corrected chi connectivity index (χ3v) is 3.79. The summed E-state index contributed by atoms with van der Waals surface area (Å²) in [6, 6.07) is 13.1. The predicted octanol–water partition coefficient (Wildman–Crippen LogP) is 3.27. The zero-order valence-corrected chi connectivity index (χ0v) is 14.4. The van der Waals surface area contributed by atoms with Crippen molar-refractivity contribution in [3.8, 4) is 11.5 Å². The van der Waals surface area contributed by atoms with Gasteiger partial charge >= 0.3 is 0 Å². The van der Waals surface area contributed by atoms with Gasteiger partial charge in [-0.1, -0.05) is 18.2 Å². The number of nitrogens with zero attached hydrogens (tertiary/aromatic N) is 1. The molecule has 0 heterocycles. The first-order valence-corrected chi connectivity index (χ1v) is 7.97. The van der Waals surface area contributed by atoms with Crippen LogP contribution in [0.25, 0.3) is 0 Å². The normalized spacial score (nSPS) is 10.3. The largest absolute Gasteiger partial charge is 0.493 e. The summed E-state index contributed by atoms with van der Waals surface area (Å²) in [6.45, 7) is 2.43. The van der Waals surface area contributed by atoms with E-state index in [9.17, 15) is 4.79 Å². The molecule has 5 nitrogen and oxygen atoms in total. The molecule has 2 aromatic carbocycles. The van der Waals surface area contributed by atoms with Gasteiger partial charge in [-0.2, -0.15) is 0 Å². The average Bonchev–Trinajstić information content (AvgIpc) is 2.61. The van der Waals surface area contributed by atoms with Crippen molar-refractivity contribution < 1.29 is 14.3 Å². The van der Waals surface area contributed by atoms with Crippen molar-refractivity contribution in [1.82, 2.24) is 0 Å². The Morgan fingerprint density at radius 2 is 1.92 bits per heavy atom. The Balaban J connectivity index is 2.13. The van der Waals surface area contributed by atoms with Crippen molar-refractivity contribution in [3.05, 3.63) is 48.0 Å². The smallest absolute Gasteiger partial charge is 0.227 e. The first-order chi connectivity index (χ1) is 11.6. The summed E-state index contributed by atoms with van der Waals surface area (Å²) in [5.74, 6) is 1.28. The number of methoxy groups -OCH3 is 1. The quantitative estimate of drug-likeness (QED) is 0.792. The number of para-hydroxylation sites is 1. The fourth-order valence-electron chi connectivity index (χ4n) is 2.53. The van der Waals surface area contributed by atoms with Gasteiger partial charge in [-0.15, -0.1) is 0 Å². The Bertz CT molecular complexity index is 687. The zero-order valence-electron chi connectivity index (χ0n) is 14.4. The Kier molecular flexibility index (Phi) is 6.07. The molecule has 0 aliphatic carbocycles. The highest BCUT2D eigenvalue weighted by atomic mass is 16.5. The molecule has 2 aromatic rings. The highest BCUT2D eigenvalue weighted by Crippen LogP contribution is 2.34. The van der Waals surface area contributed by atoms with Crippen LogP contribution in [0.3, 0.4) is 0 Å². The number of carbonyl (C=O) groups is 1. The minimum Gasteiger partial charge on any atom is -0.493 e. The molecule has 0 saturated carbocycles. The number of carbonyl (C=O) groups excluding carboxylic acids is 1. The van der Waals surface area contributed by atoms with Gasteiger partial charge in [-0.3, -0.25) is 4.79 Å². The van der Waals surface area contributed by atoms with Crippen molar-refractivity contribution in [3.63, 3.8) is 0 Å².